The van der Waals surface area contributed by atoms with E-state index in [0.29, 0.717) is 29.7 Å². The van der Waals surface area contributed by atoms with Crippen molar-refractivity contribution in [3.8, 4) is 0 Å². The summed E-state index contributed by atoms with van der Waals surface area (Å²) in [5, 5.41) is 15.0. The first-order valence-electron chi connectivity index (χ1n) is 9.64. The minimum atomic E-state index is -0.891. The maximum Gasteiger partial charge on any atom is 0.308 e. The summed E-state index contributed by atoms with van der Waals surface area (Å²) in [6.45, 7) is 0. The van der Waals surface area contributed by atoms with Crippen LogP contribution in [0.4, 0.5) is 10.1 Å². The third kappa shape index (κ3) is 5.40. The van der Waals surface area contributed by atoms with E-state index in [9.17, 15) is 23.9 Å². The molecule has 3 N–H and O–H groups in total. The predicted octanol–water partition coefficient (Wildman–Crippen LogP) is 3.84. The van der Waals surface area contributed by atoms with Gasteiger partial charge in [-0.3, -0.25) is 14.4 Å². The van der Waals surface area contributed by atoms with Gasteiger partial charge in [-0.1, -0.05) is 25.3 Å². The largest absolute Gasteiger partial charge is 0.481 e. The average molecular weight is 398 g/mol. The molecule has 1 saturated carbocycles. The molecule has 1 aliphatic rings. The monoisotopic (exact) mass is 398 g/mol. The number of carboxylic acids is 1. The zero-order valence-corrected chi connectivity index (χ0v) is 15.9. The van der Waals surface area contributed by atoms with Crippen LogP contribution in [0.2, 0.25) is 0 Å². The molecule has 0 bridgehead atoms. The molecule has 2 aromatic rings. The van der Waals surface area contributed by atoms with Crippen molar-refractivity contribution < 1.29 is 23.9 Å². The number of anilines is 1. The molecule has 0 aliphatic heterocycles. The Balaban J connectivity index is 1.69. The van der Waals surface area contributed by atoms with E-state index < -0.39 is 29.7 Å². The Hall–Kier alpha value is -3.22. The van der Waals surface area contributed by atoms with Gasteiger partial charge in [-0.2, -0.15) is 0 Å². The molecule has 1 aliphatic carbocycles. The molecule has 2 aromatic carbocycles. The van der Waals surface area contributed by atoms with Gasteiger partial charge in [-0.25, -0.2) is 4.39 Å². The molecule has 0 unspecified atom stereocenters. The van der Waals surface area contributed by atoms with Crippen LogP contribution in [0, 0.1) is 11.7 Å². The van der Waals surface area contributed by atoms with Crippen LogP contribution in [0.5, 0.6) is 0 Å². The van der Waals surface area contributed by atoms with Crippen LogP contribution in [0.15, 0.2) is 48.5 Å². The summed E-state index contributed by atoms with van der Waals surface area (Å²) in [5.41, 5.74) is 1.04. The Morgan fingerprint density at radius 1 is 0.897 bits per heavy atom. The molecule has 2 atom stereocenters. The molecule has 0 radical (unpaired) electrons. The summed E-state index contributed by atoms with van der Waals surface area (Å²) in [7, 11) is 0. The molecule has 7 heteroatoms. The smallest absolute Gasteiger partial charge is 0.308 e. The summed E-state index contributed by atoms with van der Waals surface area (Å²) in [6, 6.07) is 11.1. The molecule has 3 rings (SSSR count). The van der Waals surface area contributed by atoms with Crippen LogP contribution in [-0.4, -0.2) is 28.9 Å². The Morgan fingerprint density at radius 3 is 2.34 bits per heavy atom. The Labute approximate surface area is 168 Å². The minimum Gasteiger partial charge on any atom is -0.481 e. The number of carbonyl (C=O) groups is 3. The van der Waals surface area contributed by atoms with E-state index in [-0.39, 0.29) is 5.91 Å². The summed E-state index contributed by atoms with van der Waals surface area (Å²) in [4.78, 5) is 36.5. The number of nitrogens with one attached hydrogen (secondary N) is 2. The van der Waals surface area contributed by atoms with Gasteiger partial charge < -0.3 is 15.7 Å². The summed E-state index contributed by atoms with van der Waals surface area (Å²) in [6.07, 6.45) is 3.86. The number of halogens is 1. The van der Waals surface area contributed by atoms with E-state index in [1.54, 1.807) is 18.2 Å². The highest BCUT2D eigenvalue weighted by Crippen LogP contribution is 2.24. The van der Waals surface area contributed by atoms with Crippen molar-refractivity contribution >= 4 is 23.5 Å². The summed E-state index contributed by atoms with van der Waals surface area (Å²) in [5.74, 6) is -2.71. The van der Waals surface area contributed by atoms with Crippen molar-refractivity contribution in [2.24, 2.45) is 5.92 Å². The van der Waals surface area contributed by atoms with Crippen LogP contribution in [0.25, 0.3) is 0 Å². The topological polar surface area (TPSA) is 95.5 Å². The fraction of sp³-hybridized carbons (Fsp3) is 0.318. The number of carboxylic acid groups (broad SMARTS) is 1. The Kier molecular flexibility index (Phi) is 6.59. The molecule has 0 heterocycles. The Morgan fingerprint density at radius 2 is 1.62 bits per heavy atom. The third-order valence-electron chi connectivity index (χ3n) is 5.14. The average Bonchev–Trinajstić information content (AvgIpc) is 2.94. The molecule has 6 nitrogen and oxygen atoms in total. The van der Waals surface area contributed by atoms with Gasteiger partial charge in [-0.15, -0.1) is 0 Å². The van der Waals surface area contributed by atoms with E-state index in [0.717, 1.165) is 19.3 Å². The zero-order chi connectivity index (χ0) is 20.8. The maximum absolute atomic E-state index is 13.0. The fourth-order valence-corrected chi connectivity index (χ4v) is 3.57. The fourth-order valence-electron chi connectivity index (χ4n) is 3.57. The highest BCUT2D eigenvalue weighted by molar-refractivity contribution is 6.05. The summed E-state index contributed by atoms with van der Waals surface area (Å²) >= 11 is 0. The highest BCUT2D eigenvalue weighted by atomic mass is 19.1. The van der Waals surface area contributed by atoms with Crippen LogP contribution in [-0.2, 0) is 4.79 Å². The third-order valence-corrected chi connectivity index (χ3v) is 5.14. The van der Waals surface area contributed by atoms with Gasteiger partial charge in [0.05, 0.1) is 5.92 Å². The second-order valence-corrected chi connectivity index (χ2v) is 7.20. The van der Waals surface area contributed by atoms with Crippen molar-refractivity contribution in [1.82, 2.24) is 5.32 Å². The number of hydrogen-bond donors (Lipinski definition) is 3. The van der Waals surface area contributed by atoms with Crippen molar-refractivity contribution in [1.29, 1.82) is 0 Å². The molecular formula is C22H23FN2O4. The van der Waals surface area contributed by atoms with Gasteiger partial charge in [0, 0.05) is 22.9 Å². The van der Waals surface area contributed by atoms with Gasteiger partial charge in [0.25, 0.3) is 11.8 Å². The molecule has 0 aromatic heterocycles. The summed E-state index contributed by atoms with van der Waals surface area (Å²) < 4.78 is 13.0. The van der Waals surface area contributed by atoms with Crippen molar-refractivity contribution in [3.05, 3.63) is 65.5 Å². The molecule has 0 saturated heterocycles. The number of benzene rings is 2. The first-order chi connectivity index (χ1) is 13.9. The normalized spacial score (nSPS) is 19.1. The van der Waals surface area contributed by atoms with Crippen LogP contribution >= 0.6 is 0 Å². The number of carbonyl (C=O) groups excluding carboxylic acids is 2. The lowest BCUT2D eigenvalue weighted by Crippen LogP contribution is -2.42. The molecular weight excluding hydrogens is 375 g/mol. The van der Waals surface area contributed by atoms with E-state index >= 15 is 0 Å². The number of amides is 2. The van der Waals surface area contributed by atoms with Gasteiger partial charge >= 0.3 is 5.97 Å². The number of hydrogen-bond acceptors (Lipinski definition) is 3. The predicted molar refractivity (Wildman–Crippen MR) is 106 cm³/mol. The van der Waals surface area contributed by atoms with Gasteiger partial charge in [0.2, 0.25) is 0 Å². The Bertz CT molecular complexity index is 898. The molecule has 1 fully saturated rings. The van der Waals surface area contributed by atoms with E-state index in [2.05, 4.69) is 10.6 Å². The molecule has 0 spiro atoms. The van der Waals surface area contributed by atoms with Crippen LogP contribution in [0.1, 0.15) is 52.8 Å². The molecule has 152 valence electrons. The SMILES string of the molecule is O=C(Nc1cccc(C(=O)N[C@H]2CCCCC[C@H]2C(=O)O)c1)c1ccc(F)cc1. The number of aliphatic carboxylic acids is 1. The van der Waals surface area contributed by atoms with Crippen molar-refractivity contribution in [2.45, 2.75) is 38.1 Å². The second-order valence-electron chi connectivity index (χ2n) is 7.20. The van der Waals surface area contributed by atoms with Crippen molar-refractivity contribution in [3.63, 3.8) is 0 Å². The van der Waals surface area contributed by atoms with E-state index in [4.69, 9.17) is 0 Å². The van der Waals surface area contributed by atoms with Crippen molar-refractivity contribution in [2.75, 3.05) is 5.32 Å². The first kappa shape index (κ1) is 20.5. The van der Waals surface area contributed by atoms with Gasteiger partial charge in [-0.05, 0) is 55.3 Å². The maximum atomic E-state index is 13.0. The van der Waals surface area contributed by atoms with Crippen LogP contribution < -0.4 is 10.6 Å². The standard InChI is InChI=1S/C22H23FN2O4/c23-16-11-9-14(10-12-16)20(26)24-17-6-4-5-15(13-17)21(27)25-19-8-3-1-2-7-18(19)22(28)29/h4-6,9-13,18-19H,1-3,7-8H2,(H,24,26)(H,25,27)(H,28,29)/t18-,19+/m1/s1. The zero-order valence-electron chi connectivity index (χ0n) is 15.9. The lowest BCUT2D eigenvalue weighted by Gasteiger charge is -2.23. The highest BCUT2D eigenvalue weighted by Gasteiger charge is 2.30. The first-order valence-corrected chi connectivity index (χ1v) is 9.64. The van der Waals surface area contributed by atoms with E-state index in [1.807, 2.05) is 0 Å². The lowest BCUT2D eigenvalue weighted by atomic mass is 9.94. The minimum absolute atomic E-state index is 0.295. The van der Waals surface area contributed by atoms with Crippen LogP contribution in [0.3, 0.4) is 0 Å². The molecule has 2 amide bonds. The molecule has 29 heavy (non-hydrogen) atoms. The van der Waals surface area contributed by atoms with Gasteiger partial charge in [0.15, 0.2) is 0 Å². The quantitative estimate of drug-likeness (QED) is 0.667. The second kappa shape index (κ2) is 9.32. The van der Waals surface area contributed by atoms with E-state index in [1.165, 1.54) is 30.3 Å². The van der Waals surface area contributed by atoms with Gasteiger partial charge in [0.1, 0.15) is 5.82 Å². The lowest BCUT2D eigenvalue weighted by molar-refractivity contribution is -0.142. The number of rotatable bonds is 5.